The number of hydrogen-bond acceptors (Lipinski definition) is 10. The van der Waals surface area contributed by atoms with Gasteiger partial charge in [-0.25, -0.2) is 9.78 Å². The zero-order valence-electron chi connectivity index (χ0n) is 19.8. The molecule has 1 aliphatic heterocycles. The molecule has 3 heterocycles. The average molecular weight is 523 g/mol. The van der Waals surface area contributed by atoms with Crippen LogP contribution in [0.4, 0.5) is 27.9 Å². The molecular formula is C23H23ClN10O3. The molecule has 37 heavy (non-hydrogen) atoms. The van der Waals surface area contributed by atoms with Gasteiger partial charge in [0, 0.05) is 26.2 Å². The van der Waals surface area contributed by atoms with Crippen LogP contribution in [0.5, 0.6) is 0 Å². The van der Waals surface area contributed by atoms with Gasteiger partial charge in [-0.2, -0.15) is 20.0 Å². The maximum atomic E-state index is 11.1. The summed E-state index contributed by atoms with van der Waals surface area (Å²) in [6.07, 6.45) is 2.45. The van der Waals surface area contributed by atoms with Crippen molar-refractivity contribution in [1.82, 2.24) is 24.9 Å². The van der Waals surface area contributed by atoms with E-state index in [0.717, 1.165) is 12.8 Å². The summed E-state index contributed by atoms with van der Waals surface area (Å²) in [4.78, 5) is 21.9. The molecule has 1 amide bonds. The Balaban J connectivity index is 1.48. The smallest absolute Gasteiger partial charge is 0.404 e. The Morgan fingerprint density at radius 3 is 2.76 bits per heavy atom. The summed E-state index contributed by atoms with van der Waals surface area (Å²) in [5, 5.41) is 41.9. The molecule has 3 aromatic rings. The Bertz CT molecular complexity index is 1440. The topological polar surface area (TPSA) is 177 Å². The largest absolute Gasteiger partial charge is 0.465 e. The number of ether oxygens (including phenoxy) is 1. The molecule has 1 aromatic carbocycles. The molecule has 1 aliphatic carbocycles. The van der Waals surface area contributed by atoms with Crippen molar-refractivity contribution < 1.29 is 14.6 Å². The number of carboxylic acid groups (broad SMARTS) is 1. The van der Waals surface area contributed by atoms with Gasteiger partial charge in [0.2, 0.25) is 5.95 Å². The van der Waals surface area contributed by atoms with Crippen LogP contribution in [0.3, 0.4) is 0 Å². The summed E-state index contributed by atoms with van der Waals surface area (Å²) < 4.78 is 6.94. The third kappa shape index (κ3) is 5.00. The van der Waals surface area contributed by atoms with Gasteiger partial charge in [-0.05, 0) is 31.4 Å². The van der Waals surface area contributed by atoms with Crippen LogP contribution in [-0.2, 0) is 4.74 Å². The highest BCUT2D eigenvalue weighted by atomic mass is 35.5. The first-order valence-electron chi connectivity index (χ1n) is 11.6. The molecule has 2 fully saturated rings. The van der Waals surface area contributed by atoms with Crippen molar-refractivity contribution >= 4 is 46.5 Å². The molecule has 2 aliphatic rings. The minimum Gasteiger partial charge on any atom is -0.465 e. The molecule has 4 N–H and O–H groups in total. The summed E-state index contributed by atoms with van der Waals surface area (Å²) in [6, 6.07) is 7.42. The van der Waals surface area contributed by atoms with Gasteiger partial charge >= 0.3 is 6.09 Å². The van der Waals surface area contributed by atoms with Gasteiger partial charge < -0.3 is 30.7 Å². The Morgan fingerprint density at radius 2 is 2.08 bits per heavy atom. The van der Waals surface area contributed by atoms with Gasteiger partial charge in [0.1, 0.15) is 6.07 Å². The van der Waals surface area contributed by atoms with Gasteiger partial charge in [0.15, 0.2) is 17.2 Å². The zero-order valence-corrected chi connectivity index (χ0v) is 20.5. The molecule has 14 heteroatoms. The van der Waals surface area contributed by atoms with E-state index in [-0.39, 0.29) is 23.7 Å². The van der Waals surface area contributed by atoms with Gasteiger partial charge in [-0.15, -0.1) is 5.10 Å². The number of rotatable bonds is 7. The van der Waals surface area contributed by atoms with E-state index in [9.17, 15) is 15.3 Å². The van der Waals surface area contributed by atoms with E-state index >= 15 is 0 Å². The van der Waals surface area contributed by atoms with Crippen LogP contribution in [0.15, 0.2) is 18.3 Å². The third-order valence-corrected chi connectivity index (χ3v) is 6.73. The summed E-state index contributed by atoms with van der Waals surface area (Å²) in [6.45, 7) is 0.866. The predicted molar refractivity (Wildman–Crippen MR) is 134 cm³/mol. The van der Waals surface area contributed by atoms with Gasteiger partial charge in [0.05, 0.1) is 46.4 Å². The number of methoxy groups -OCH3 is 1. The van der Waals surface area contributed by atoms with Crippen LogP contribution in [0.1, 0.15) is 30.5 Å². The van der Waals surface area contributed by atoms with E-state index in [4.69, 9.17) is 21.4 Å². The number of aromatic nitrogens is 4. The van der Waals surface area contributed by atoms with Gasteiger partial charge in [-0.1, -0.05) is 11.6 Å². The molecule has 0 unspecified atom stereocenters. The number of carbonyl (C=O) groups is 1. The maximum Gasteiger partial charge on any atom is 0.404 e. The molecule has 5 rings (SSSR count). The third-order valence-electron chi connectivity index (χ3n) is 6.34. The SMILES string of the molecule is CO[C@@H]1CN(c2cc(C#N)cc(Nc3nc(NC4CC4)c4ncc(C#N)n4n3)c2Cl)CC[C@H]1NC(=O)O. The van der Waals surface area contributed by atoms with Crippen LogP contribution in [0, 0.1) is 22.7 Å². The second-order valence-electron chi connectivity index (χ2n) is 8.85. The molecule has 2 atom stereocenters. The lowest BCUT2D eigenvalue weighted by molar-refractivity contribution is 0.0596. The molecule has 0 bridgehead atoms. The standard InChI is InChI=1S/C23H23ClN10O3/c1-37-18-11-33(5-4-15(18)30-23(35)36)17-7-12(8-25)6-16(19(17)24)29-22-31-20(28-13-2-3-13)21-27-10-14(9-26)34(21)32-22/h6-7,10,13,15,18,30H,2-5,11H2,1H3,(H,35,36)(H2,28,29,31,32)/t15-,18-/m1/s1. The van der Waals surface area contributed by atoms with Crippen molar-refractivity contribution in [3.05, 3.63) is 34.6 Å². The number of hydrogen-bond donors (Lipinski definition) is 4. The van der Waals surface area contributed by atoms with Crippen LogP contribution >= 0.6 is 11.6 Å². The number of benzene rings is 1. The molecular weight excluding hydrogens is 500 g/mol. The number of nitrogens with one attached hydrogen (secondary N) is 3. The fourth-order valence-electron chi connectivity index (χ4n) is 4.34. The summed E-state index contributed by atoms with van der Waals surface area (Å²) in [7, 11) is 1.53. The van der Waals surface area contributed by atoms with Crippen molar-refractivity contribution in [2.45, 2.75) is 37.5 Å². The van der Waals surface area contributed by atoms with Crippen molar-refractivity contribution in [2.24, 2.45) is 0 Å². The highest BCUT2D eigenvalue weighted by Gasteiger charge is 2.32. The number of nitrogens with zero attached hydrogens (tertiary/aromatic N) is 7. The highest BCUT2D eigenvalue weighted by molar-refractivity contribution is 6.36. The average Bonchev–Trinajstić information content (AvgIpc) is 3.61. The van der Waals surface area contributed by atoms with Gasteiger partial charge in [-0.3, -0.25) is 0 Å². The monoisotopic (exact) mass is 522 g/mol. The summed E-state index contributed by atoms with van der Waals surface area (Å²) in [5.41, 5.74) is 2.05. The first-order valence-corrected chi connectivity index (χ1v) is 12.0. The molecule has 190 valence electrons. The first-order chi connectivity index (χ1) is 17.9. The van der Waals surface area contributed by atoms with Crippen LogP contribution in [-0.4, -0.2) is 69.2 Å². The maximum absolute atomic E-state index is 11.1. The number of fused-ring (bicyclic) bond motifs is 1. The Morgan fingerprint density at radius 1 is 1.27 bits per heavy atom. The van der Waals surface area contributed by atoms with Crippen molar-refractivity contribution in [3.63, 3.8) is 0 Å². The molecule has 1 saturated heterocycles. The van der Waals surface area contributed by atoms with Crippen LogP contribution in [0.25, 0.3) is 5.65 Å². The molecule has 0 radical (unpaired) electrons. The van der Waals surface area contributed by atoms with E-state index in [1.54, 1.807) is 12.1 Å². The number of halogens is 1. The van der Waals surface area contributed by atoms with E-state index in [1.165, 1.54) is 17.8 Å². The number of piperidine rings is 1. The minimum absolute atomic E-state index is 0.173. The Hall–Kier alpha value is -4.33. The fourth-order valence-corrected chi connectivity index (χ4v) is 4.62. The molecule has 1 saturated carbocycles. The normalized spacial score (nSPS) is 19.2. The van der Waals surface area contributed by atoms with Gasteiger partial charge in [0.25, 0.3) is 0 Å². The highest BCUT2D eigenvalue weighted by Crippen LogP contribution is 2.37. The number of anilines is 4. The predicted octanol–water partition coefficient (Wildman–Crippen LogP) is 2.70. The molecule has 0 spiro atoms. The van der Waals surface area contributed by atoms with Crippen LogP contribution in [0.2, 0.25) is 5.02 Å². The number of imidazole rings is 1. The quantitative estimate of drug-likeness (QED) is 0.358. The Kier molecular flexibility index (Phi) is 6.56. The number of amides is 1. The Labute approximate surface area is 216 Å². The van der Waals surface area contributed by atoms with E-state index in [1.807, 2.05) is 4.90 Å². The second-order valence-corrected chi connectivity index (χ2v) is 9.23. The van der Waals surface area contributed by atoms with Crippen molar-refractivity contribution in [1.29, 1.82) is 10.5 Å². The van der Waals surface area contributed by atoms with E-state index in [2.05, 4.69) is 43.2 Å². The minimum atomic E-state index is -1.11. The van der Waals surface area contributed by atoms with Crippen LogP contribution < -0.4 is 20.9 Å². The molecule has 13 nitrogen and oxygen atoms in total. The second kappa shape index (κ2) is 9.97. The lowest BCUT2D eigenvalue weighted by atomic mass is 10.0. The zero-order chi connectivity index (χ0) is 26.1. The summed E-state index contributed by atoms with van der Waals surface area (Å²) >= 11 is 6.82. The fraction of sp³-hybridized carbons (Fsp3) is 0.391. The lowest BCUT2D eigenvalue weighted by Crippen LogP contribution is -2.54. The summed E-state index contributed by atoms with van der Waals surface area (Å²) in [5.74, 6) is 0.664. The molecule has 2 aromatic heterocycles. The lowest BCUT2D eigenvalue weighted by Gasteiger charge is -2.39. The number of nitriles is 2. The van der Waals surface area contributed by atoms with Crippen molar-refractivity contribution in [3.8, 4) is 12.1 Å². The van der Waals surface area contributed by atoms with E-state index in [0.29, 0.717) is 52.9 Å². The van der Waals surface area contributed by atoms with E-state index < -0.39 is 12.2 Å². The first kappa shape index (κ1) is 24.4. The van der Waals surface area contributed by atoms with Crippen molar-refractivity contribution in [2.75, 3.05) is 35.7 Å².